The zero-order valence-electron chi connectivity index (χ0n) is 5.84. The molecule has 4 heteroatoms. The Morgan fingerprint density at radius 3 is 2.80 bits per heavy atom. The maximum absolute atomic E-state index is 10.9. The van der Waals surface area contributed by atoms with E-state index < -0.39 is 0 Å². The predicted octanol–water partition coefficient (Wildman–Crippen LogP) is 0.239. The summed E-state index contributed by atoms with van der Waals surface area (Å²) in [6.07, 6.45) is 0.267. The van der Waals surface area contributed by atoms with Crippen molar-refractivity contribution in [1.82, 2.24) is 4.90 Å². The molecule has 0 spiro atoms. The first-order valence-electron chi connectivity index (χ1n) is 3.14. The highest BCUT2D eigenvalue weighted by Gasteiger charge is 2.29. The van der Waals surface area contributed by atoms with Crippen molar-refractivity contribution in [3.8, 4) is 0 Å². The van der Waals surface area contributed by atoms with Crippen molar-refractivity contribution in [2.24, 2.45) is 0 Å². The summed E-state index contributed by atoms with van der Waals surface area (Å²) in [5.74, 6) is 0.147. The summed E-state index contributed by atoms with van der Waals surface area (Å²) in [4.78, 5) is 12.6. The minimum absolute atomic E-state index is 0.147. The lowest BCUT2D eigenvalue weighted by Crippen LogP contribution is -2.54. The molecule has 0 unspecified atom stereocenters. The van der Waals surface area contributed by atoms with Gasteiger partial charge in [0.1, 0.15) is 0 Å². The van der Waals surface area contributed by atoms with Gasteiger partial charge in [0, 0.05) is 20.2 Å². The van der Waals surface area contributed by atoms with Crippen LogP contribution >= 0.6 is 15.9 Å². The Bertz CT molecular complexity index is 134. The van der Waals surface area contributed by atoms with E-state index in [1.165, 1.54) is 0 Å². The molecule has 1 aliphatic rings. The van der Waals surface area contributed by atoms with Gasteiger partial charge in [-0.05, 0) is 0 Å². The smallest absolute Gasteiger partial charge is 0.233 e. The molecule has 0 aromatic carbocycles. The zero-order chi connectivity index (χ0) is 7.56. The second-order valence-corrected chi connectivity index (χ2v) is 2.85. The van der Waals surface area contributed by atoms with Crippen LogP contribution in [0.15, 0.2) is 0 Å². The summed E-state index contributed by atoms with van der Waals surface area (Å²) >= 11 is 3.10. The molecule has 10 heavy (non-hydrogen) atoms. The van der Waals surface area contributed by atoms with Crippen molar-refractivity contribution in [1.29, 1.82) is 0 Å². The van der Waals surface area contributed by atoms with Gasteiger partial charge in [-0.15, -0.1) is 0 Å². The summed E-state index contributed by atoms with van der Waals surface area (Å²) in [5, 5.41) is 0.420. The zero-order valence-corrected chi connectivity index (χ0v) is 7.43. The second-order valence-electron chi connectivity index (χ2n) is 2.29. The van der Waals surface area contributed by atoms with Gasteiger partial charge in [0.05, 0.1) is 11.4 Å². The lowest BCUT2D eigenvalue weighted by Gasteiger charge is -2.37. The highest BCUT2D eigenvalue weighted by Crippen LogP contribution is 2.10. The van der Waals surface area contributed by atoms with Gasteiger partial charge in [0.2, 0.25) is 5.91 Å². The fourth-order valence-corrected chi connectivity index (χ4v) is 1.23. The summed E-state index contributed by atoms with van der Waals surface area (Å²) in [5.41, 5.74) is 0. The van der Waals surface area contributed by atoms with E-state index in [9.17, 15) is 4.79 Å². The highest BCUT2D eigenvalue weighted by atomic mass is 79.9. The first kappa shape index (κ1) is 8.01. The molecule has 1 amide bonds. The molecule has 1 heterocycles. The van der Waals surface area contributed by atoms with Gasteiger partial charge in [-0.3, -0.25) is 4.79 Å². The summed E-state index contributed by atoms with van der Waals surface area (Å²) in [6, 6.07) is 0. The van der Waals surface area contributed by atoms with E-state index >= 15 is 0 Å². The van der Waals surface area contributed by atoms with Gasteiger partial charge in [0.15, 0.2) is 0 Å². The average molecular weight is 208 g/mol. The van der Waals surface area contributed by atoms with Crippen LogP contribution in [0.2, 0.25) is 0 Å². The molecular weight excluding hydrogens is 198 g/mol. The molecule has 0 aromatic rings. The lowest BCUT2D eigenvalue weighted by atomic mass is 10.2. The molecule has 0 radical (unpaired) electrons. The Labute approximate surface area is 68.5 Å². The van der Waals surface area contributed by atoms with Gasteiger partial charge in [-0.2, -0.15) is 0 Å². The third kappa shape index (κ3) is 1.49. The largest absolute Gasteiger partial charge is 0.378 e. The second kappa shape index (κ2) is 3.34. The SMILES string of the molecule is COC1CN(C(=O)CBr)C1. The first-order chi connectivity index (χ1) is 4.77. The van der Waals surface area contributed by atoms with Crippen molar-refractivity contribution in [3.63, 3.8) is 0 Å². The van der Waals surface area contributed by atoms with Gasteiger partial charge in [-0.1, -0.05) is 15.9 Å². The van der Waals surface area contributed by atoms with Gasteiger partial charge >= 0.3 is 0 Å². The van der Waals surface area contributed by atoms with Crippen molar-refractivity contribution >= 4 is 21.8 Å². The van der Waals surface area contributed by atoms with Crippen molar-refractivity contribution in [2.75, 3.05) is 25.5 Å². The van der Waals surface area contributed by atoms with Crippen LogP contribution in [0.5, 0.6) is 0 Å². The quantitative estimate of drug-likeness (QED) is 0.608. The number of likely N-dealkylation sites (tertiary alicyclic amines) is 1. The molecule has 0 N–H and O–H groups in total. The fourth-order valence-electron chi connectivity index (χ4n) is 0.875. The minimum atomic E-state index is 0.147. The number of hydrogen-bond acceptors (Lipinski definition) is 2. The average Bonchev–Trinajstić information content (AvgIpc) is 1.85. The Morgan fingerprint density at radius 1 is 1.80 bits per heavy atom. The van der Waals surface area contributed by atoms with E-state index in [0.717, 1.165) is 13.1 Å². The van der Waals surface area contributed by atoms with Crippen LogP contribution in [-0.2, 0) is 9.53 Å². The molecule has 0 aliphatic carbocycles. The number of amides is 1. The standard InChI is InChI=1S/C6H10BrNO2/c1-10-5-3-8(4-5)6(9)2-7/h5H,2-4H2,1H3. The molecule has 1 saturated heterocycles. The van der Waals surface area contributed by atoms with Crippen molar-refractivity contribution in [3.05, 3.63) is 0 Å². The highest BCUT2D eigenvalue weighted by molar-refractivity contribution is 9.09. The molecule has 3 nitrogen and oxygen atoms in total. The molecule has 0 aromatic heterocycles. The number of methoxy groups -OCH3 is 1. The third-order valence-corrected chi connectivity index (χ3v) is 2.13. The number of alkyl halides is 1. The molecule has 1 rings (SSSR count). The minimum Gasteiger partial charge on any atom is -0.378 e. The van der Waals surface area contributed by atoms with Crippen LogP contribution in [0.4, 0.5) is 0 Å². The molecule has 1 fully saturated rings. The molecular formula is C6H10BrNO2. The first-order valence-corrected chi connectivity index (χ1v) is 4.26. The molecule has 0 atom stereocenters. The maximum atomic E-state index is 10.9. The Morgan fingerprint density at radius 2 is 2.40 bits per heavy atom. The van der Waals surface area contributed by atoms with Crippen molar-refractivity contribution in [2.45, 2.75) is 6.10 Å². The number of hydrogen-bond donors (Lipinski definition) is 0. The monoisotopic (exact) mass is 207 g/mol. The van der Waals surface area contributed by atoms with Crippen LogP contribution in [0.3, 0.4) is 0 Å². The van der Waals surface area contributed by atoms with E-state index in [4.69, 9.17) is 4.74 Å². The molecule has 0 saturated carbocycles. The normalized spacial score (nSPS) is 18.8. The van der Waals surface area contributed by atoms with E-state index in [1.807, 2.05) is 0 Å². The topological polar surface area (TPSA) is 29.5 Å². The van der Waals surface area contributed by atoms with E-state index in [2.05, 4.69) is 15.9 Å². The number of carbonyl (C=O) groups excluding carboxylic acids is 1. The van der Waals surface area contributed by atoms with E-state index in [0.29, 0.717) is 5.33 Å². The molecule has 58 valence electrons. The van der Waals surface area contributed by atoms with E-state index in [-0.39, 0.29) is 12.0 Å². The van der Waals surface area contributed by atoms with Gasteiger partial charge < -0.3 is 9.64 Å². The predicted molar refractivity (Wildman–Crippen MR) is 41.2 cm³/mol. The fraction of sp³-hybridized carbons (Fsp3) is 0.833. The summed E-state index contributed by atoms with van der Waals surface area (Å²) in [6.45, 7) is 1.50. The third-order valence-electron chi connectivity index (χ3n) is 1.65. The summed E-state index contributed by atoms with van der Waals surface area (Å²) < 4.78 is 5.00. The van der Waals surface area contributed by atoms with Gasteiger partial charge in [-0.25, -0.2) is 0 Å². The number of nitrogens with zero attached hydrogens (tertiary/aromatic N) is 1. The number of rotatable bonds is 2. The van der Waals surface area contributed by atoms with Gasteiger partial charge in [0.25, 0.3) is 0 Å². The number of halogens is 1. The molecule has 1 aliphatic heterocycles. The Hall–Kier alpha value is -0.0900. The van der Waals surface area contributed by atoms with Crippen LogP contribution < -0.4 is 0 Å². The lowest BCUT2D eigenvalue weighted by molar-refractivity contribution is -0.139. The number of carbonyl (C=O) groups is 1. The van der Waals surface area contributed by atoms with Crippen molar-refractivity contribution < 1.29 is 9.53 Å². The van der Waals surface area contributed by atoms with Crippen LogP contribution in [-0.4, -0.2) is 42.4 Å². The van der Waals surface area contributed by atoms with Crippen LogP contribution in [0.25, 0.3) is 0 Å². The van der Waals surface area contributed by atoms with E-state index in [1.54, 1.807) is 12.0 Å². The Balaban J connectivity index is 2.19. The Kier molecular flexibility index (Phi) is 2.68. The molecule has 0 bridgehead atoms. The van der Waals surface area contributed by atoms with Crippen LogP contribution in [0, 0.1) is 0 Å². The maximum Gasteiger partial charge on any atom is 0.233 e. The van der Waals surface area contributed by atoms with Crippen LogP contribution in [0.1, 0.15) is 0 Å². The number of ether oxygens (including phenoxy) is 1. The summed E-state index contributed by atoms with van der Waals surface area (Å²) in [7, 11) is 1.67.